The quantitative estimate of drug-likeness (QED) is 0.682. The van der Waals surface area contributed by atoms with Gasteiger partial charge in [0.25, 0.3) is 0 Å². The molecule has 1 aromatic rings. The van der Waals surface area contributed by atoms with Crippen molar-refractivity contribution in [1.29, 1.82) is 0 Å². The number of fused-ring (bicyclic) bond motifs is 1. The molecule has 1 aliphatic heterocycles. The zero-order valence-corrected chi connectivity index (χ0v) is 8.71. The molecule has 0 amide bonds. The second-order valence-corrected chi connectivity index (χ2v) is 3.95. The van der Waals surface area contributed by atoms with Gasteiger partial charge in [-0.2, -0.15) is 0 Å². The number of nitrogens with one attached hydrogen (secondary N) is 1. The third-order valence-electron chi connectivity index (χ3n) is 3.06. The largest absolute Gasteiger partial charge is 0.379 e. The van der Waals surface area contributed by atoms with Crippen LogP contribution in [0.3, 0.4) is 0 Å². The molecule has 0 aromatic heterocycles. The lowest BCUT2D eigenvalue weighted by atomic mass is 10.0. The maximum atomic E-state index is 13.0. The number of hydrogen-bond acceptors (Lipinski definition) is 2. The van der Waals surface area contributed by atoms with Crippen LogP contribution in [0, 0.1) is 5.82 Å². The first-order valence-electron chi connectivity index (χ1n) is 4.88. The van der Waals surface area contributed by atoms with Crippen LogP contribution < -0.4 is 10.2 Å². The van der Waals surface area contributed by atoms with Crippen LogP contribution in [0.5, 0.6) is 0 Å². The fraction of sp³-hybridized carbons (Fsp3) is 0.455. The van der Waals surface area contributed by atoms with Crippen molar-refractivity contribution in [2.24, 2.45) is 0 Å². The van der Waals surface area contributed by atoms with Gasteiger partial charge in [0.2, 0.25) is 0 Å². The topological polar surface area (TPSA) is 15.3 Å². The Morgan fingerprint density at radius 1 is 1.36 bits per heavy atom. The molecular weight excluding hydrogens is 179 g/mol. The van der Waals surface area contributed by atoms with E-state index in [9.17, 15) is 4.39 Å². The van der Waals surface area contributed by atoms with E-state index >= 15 is 0 Å². The van der Waals surface area contributed by atoms with Gasteiger partial charge in [0.1, 0.15) is 5.82 Å². The summed E-state index contributed by atoms with van der Waals surface area (Å²) >= 11 is 0. The van der Waals surface area contributed by atoms with Crippen molar-refractivity contribution in [2.75, 3.05) is 17.3 Å². The van der Waals surface area contributed by atoms with Crippen molar-refractivity contribution in [2.45, 2.75) is 25.9 Å². The molecular formula is C11H15FN2. The highest BCUT2D eigenvalue weighted by Crippen LogP contribution is 2.32. The van der Waals surface area contributed by atoms with Crippen LogP contribution in [0.1, 0.15) is 13.8 Å². The van der Waals surface area contributed by atoms with E-state index in [0.717, 1.165) is 11.4 Å². The van der Waals surface area contributed by atoms with Gasteiger partial charge >= 0.3 is 0 Å². The van der Waals surface area contributed by atoms with Crippen molar-refractivity contribution in [3.05, 3.63) is 24.0 Å². The molecule has 2 unspecified atom stereocenters. The molecule has 0 spiro atoms. The average Bonchev–Trinajstić information content (AvgIpc) is 2.14. The molecule has 0 aliphatic carbocycles. The van der Waals surface area contributed by atoms with Gasteiger partial charge < -0.3 is 10.2 Å². The van der Waals surface area contributed by atoms with Gasteiger partial charge in [0.15, 0.2) is 0 Å². The summed E-state index contributed by atoms with van der Waals surface area (Å²) in [5.41, 5.74) is 1.95. The highest BCUT2D eigenvalue weighted by molar-refractivity contribution is 5.73. The number of likely N-dealkylation sites (N-methyl/N-ethyl adjacent to an activating group) is 1. The monoisotopic (exact) mass is 194 g/mol. The lowest BCUT2D eigenvalue weighted by Crippen LogP contribution is -2.45. The van der Waals surface area contributed by atoms with Crippen molar-refractivity contribution >= 4 is 11.4 Å². The van der Waals surface area contributed by atoms with Crippen molar-refractivity contribution in [3.63, 3.8) is 0 Å². The van der Waals surface area contributed by atoms with E-state index in [1.54, 1.807) is 6.07 Å². The Labute approximate surface area is 83.7 Å². The van der Waals surface area contributed by atoms with Gasteiger partial charge in [0.05, 0.1) is 11.4 Å². The summed E-state index contributed by atoms with van der Waals surface area (Å²) < 4.78 is 13.0. The fourth-order valence-corrected chi connectivity index (χ4v) is 1.85. The predicted molar refractivity (Wildman–Crippen MR) is 57.3 cm³/mol. The molecule has 1 aliphatic rings. The zero-order chi connectivity index (χ0) is 10.3. The lowest BCUT2D eigenvalue weighted by molar-refractivity contribution is 0.581. The maximum Gasteiger partial charge on any atom is 0.125 e. The molecule has 76 valence electrons. The maximum absolute atomic E-state index is 13.0. The summed E-state index contributed by atoms with van der Waals surface area (Å²) in [6.45, 7) is 4.26. The second-order valence-electron chi connectivity index (χ2n) is 3.95. The van der Waals surface area contributed by atoms with Crippen LogP contribution in [-0.2, 0) is 0 Å². The number of hydrogen-bond donors (Lipinski definition) is 1. The van der Waals surface area contributed by atoms with Crippen molar-refractivity contribution in [1.82, 2.24) is 0 Å². The summed E-state index contributed by atoms with van der Waals surface area (Å²) in [6.07, 6.45) is 0. The molecule has 0 saturated heterocycles. The average molecular weight is 194 g/mol. The summed E-state index contributed by atoms with van der Waals surface area (Å²) in [6, 6.07) is 5.64. The Morgan fingerprint density at radius 2 is 2.07 bits per heavy atom. The smallest absolute Gasteiger partial charge is 0.125 e. The molecule has 14 heavy (non-hydrogen) atoms. The predicted octanol–water partition coefficient (Wildman–Crippen LogP) is 2.46. The summed E-state index contributed by atoms with van der Waals surface area (Å²) in [5.74, 6) is -0.189. The van der Waals surface area contributed by atoms with Crippen LogP contribution in [-0.4, -0.2) is 19.1 Å². The number of rotatable bonds is 0. The normalized spacial score (nSPS) is 25.6. The Morgan fingerprint density at radius 3 is 2.79 bits per heavy atom. The third-order valence-corrected chi connectivity index (χ3v) is 3.06. The van der Waals surface area contributed by atoms with Crippen LogP contribution in [0.4, 0.5) is 15.8 Å². The van der Waals surface area contributed by atoms with Crippen molar-refractivity contribution < 1.29 is 4.39 Å². The first kappa shape index (κ1) is 9.31. The van der Waals surface area contributed by atoms with E-state index in [1.165, 1.54) is 6.07 Å². The van der Waals surface area contributed by atoms with Gasteiger partial charge in [-0.25, -0.2) is 4.39 Å². The zero-order valence-electron chi connectivity index (χ0n) is 8.71. The van der Waals surface area contributed by atoms with Crippen LogP contribution in [0.2, 0.25) is 0 Å². The van der Waals surface area contributed by atoms with E-state index in [4.69, 9.17) is 0 Å². The van der Waals surface area contributed by atoms with Gasteiger partial charge in [-0.05, 0) is 32.0 Å². The van der Waals surface area contributed by atoms with E-state index in [1.807, 2.05) is 13.1 Å². The molecule has 3 heteroatoms. The molecule has 0 saturated carbocycles. The number of benzene rings is 1. The minimum atomic E-state index is -0.189. The minimum absolute atomic E-state index is 0.189. The minimum Gasteiger partial charge on any atom is -0.379 e. The summed E-state index contributed by atoms with van der Waals surface area (Å²) in [4.78, 5) is 2.18. The standard InChI is InChI=1S/C11H15FN2/c1-7-8(2)14(3)11-5-4-9(12)6-10(11)13-7/h4-8,13H,1-3H3. The highest BCUT2D eigenvalue weighted by atomic mass is 19.1. The number of halogens is 1. The Balaban J connectivity index is 2.45. The van der Waals surface area contributed by atoms with Crippen LogP contribution in [0.25, 0.3) is 0 Å². The Kier molecular flexibility index (Phi) is 2.10. The van der Waals surface area contributed by atoms with E-state index < -0.39 is 0 Å². The molecule has 2 rings (SSSR count). The van der Waals surface area contributed by atoms with Gasteiger partial charge in [0, 0.05) is 19.1 Å². The molecule has 0 radical (unpaired) electrons. The lowest BCUT2D eigenvalue weighted by Gasteiger charge is -2.39. The van der Waals surface area contributed by atoms with Gasteiger partial charge in [-0.3, -0.25) is 0 Å². The van der Waals surface area contributed by atoms with E-state index in [2.05, 4.69) is 24.1 Å². The molecule has 2 atom stereocenters. The van der Waals surface area contributed by atoms with E-state index in [-0.39, 0.29) is 5.82 Å². The molecule has 2 nitrogen and oxygen atoms in total. The van der Waals surface area contributed by atoms with Gasteiger partial charge in [-0.1, -0.05) is 0 Å². The Bertz CT molecular complexity index is 351. The van der Waals surface area contributed by atoms with Crippen LogP contribution in [0.15, 0.2) is 18.2 Å². The van der Waals surface area contributed by atoms with Crippen molar-refractivity contribution in [3.8, 4) is 0 Å². The molecule has 0 bridgehead atoms. The first-order chi connectivity index (χ1) is 6.59. The molecule has 1 aromatic carbocycles. The summed E-state index contributed by atoms with van der Waals surface area (Å²) in [5, 5.41) is 3.30. The van der Waals surface area contributed by atoms with Crippen LogP contribution >= 0.6 is 0 Å². The second kappa shape index (κ2) is 3.15. The number of nitrogens with zero attached hydrogens (tertiary/aromatic N) is 1. The number of anilines is 2. The fourth-order valence-electron chi connectivity index (χ4n) is 1.85. The first-order valence-corrected chi connectivity index (χ1v) is 4.88. The Hall–Kier alpha value is -1.25. The molecule has 1 heterocycles. The SMILES string of the molecule is CC1Nc2cc(F)ccc2N(C)C1C. The van der Waals surface area contributed by atoms with E-state index in [0.29, 0.717) is 12.1 Å². The highest BCUT2D eigenvalue weighted by Gasteiger charge is 2.25. The molecule has 0 fully saturated rings. The third kappa shape index (κ3) is 1.33. The molecule has 1 N–H and O–H groups in total. The van der Waals surface area contributed by atoms with Gasteiger partial charge in [-0.15, -0.1) is 0 Å². The summed E-state index contributed by atoms with van der Waals surface area (Å²) in [7, 11) is 2.04.